The molecule has 35 heavy (non-hydrogen) atoms. The number of nitrogens with one attached hydrogen (secondary N) is 2. The molecule has 7 heteroatoms. The third kappa shape index (κ3) is 5.14. The van der Waals surface area contributed by atoms with Crippen molar-refractivity contribution >= 4 is 58.7 Å². The highest BCUT2D eigenvalue weighted by Crippen LogP contribution is 2.36. The number of carbonyl (C=O) groups is 1. The number of H-pyrrole nitrogens is 1. The Bertz CT molecular complexity index is 1440. The molecule has 0 atom stereocenters. The van der Waals surface area contributed by atoms with Crippen molar-refractivity contribution in [2.24, 2.45) is 0 Å². The van der Waals surface area contributed by atoms with Crippen LogP contribution in [-0.4, -0.2) is 42.2 Å². The van der Waals surface area contributed by atoms with Gasteiger partial charge in [0.15, 0.2) is 0 Å². The summed E-state index contributed by atoms with van der Waals surface area (Å²) in [5.74, 6) is 0.599. The number of aromatic amines is 1. The van der Waals surface area contributed by atoms with Crippen LogP contribution in [0.4, 0.5) is 5.69 Å². The van der Waals surface area contributed by atoms with Crippen LogP contribution in [-0.2, 0) is 11.3 Å². The van der Waals surface area contributed by atoms with E-state index in [1.165, 1.54) is 5.56 Å². The van der Waals surface area contributed by atoms with Crippen molar-refractivity contribution in [3.05, 3.63) is 88.6 Å². The summed E-state index contributed by atoms with van der Waals surface area (Å²) >= 11 is 0. The van der Waals surface area contributed by atoms with Crippen LogP contribution in [0.1, 0.15) is 27.9 Å². The van der Waals surface area contributed by atoms with E-state index < -0.39 is 0 Å². The molecule has 1 amide bonds. The first kappa shape index (κ1) is 24.3. The molecule has 0 bridgehead atoms. The molecule has 178 valence electrons. The lowest BCUT2D eigenvalue weighted by Crippen LogP contribution is -2.10. The average molecular weight is 487 g/mol. The van der Waals surface area contributed by atoms with Gasteiger partial charge in [0.25, 0.3) is 5.91 Å². The van der Waals surface area contributed by atoms with E-state index in [0.717, 1.165) is 45.5 Å². The monoisotopic (exact) mass is 486 g/mol. The minimum Gasteiger partial charge on any atom is -0.497 e. The predicted octanol–water partition coefficient (Wildman–Crippen LogP) is 5.72. The highest BCUT2D eigenvalue weighted by atomic mass is 35.5. The molecule has 3 aromatic carbocycles. The summed E-state index contributed by atoms with van der Waals surface area (Å²) in [5.41, 5.74) is 7.37. The number of methoxy groups -OCH3 is 1. The average Bonchev–Trinajstić information content (AvgIpc) is 3.38. The van der Waals surface area contributed by atoms with Gasteiger partial charge in [-0.15, -0.1) is 12.4 Å². The van der Waals surface area contributed by atoms with E-state index >= 15 is 0 Å². The molecule has 5 rings (SSSR count). The zero-order valence-corrected chi connectivity index (χ0v) is 20.6. The van der Waals surface area contributed by atoms with E-state index in [-0.39, 0.29) is 18.3 Å². The quantitative estimate of drug-likeness (QED) is 0.342. The lowest BCUT2D eigenvalue weighted by atomic mass is 10.0. The van der Waals surface area contributed by atoms with Crippen molar-refractivity contribution in [2.75, 3.05) is 26.5 Å². The normalized spacial score (nSPS) is 13.9. The van der Waals surface area contributed by atoms with Gasteiger partial charge in [0.2, 0.25) is 0 Å². The minimum absolute atomic E-state index is 0. The largest absolute Gasteiger partial charge is 0.497 e. The van der Waals surface area contributed by atoms with Gasteiger partial charge >= 0.3 is 0 Å². The molecule has 2 heterocycles. The van der Waals surface area contributed by atoms with Crippen LogP contribution >= 0.6 is 12.4 Å². The summed E-state index contributed by atoms with van der Waals surface area (Å²) in [6.07, 6.45) is 5.98. The van der Waals surface area contributed by atoms with Crippen LogP contribution in [0.25, 0.3) is 34.7 Å². The van der Waals surface area contributed by atoms with Crippen molar-refractivity contribution in [1.82, 2.24) is 15.1 Å². The smallest absolute Gasteiger partial charge is 0.256 e. The van der Waals surface area contributed by atoms with Gasteiger partial charge < -0.3 is 15.0 Å². The molecule has 1 aromatic heterocycles. The number of anilines is 1. The van der Waals surface area contributed by atoms with Crippen molar-refractivity contribution < 1.29 is 9.53 Å². The van der Waals surface area contributed by atoms with Crippen molar-refractivity contribution in [3.8, 4) is 5.75 Å². The summed E-state index contributed by atoms with van der Waals surface area (Å²) in [5, 5.41) is 11.5. The molecule has 0 saturated carbocycles. The van der Waals surface area contributed by atoms with Crippen LogP contribution in [0.2, 0.25) is 0 Å². The zero-order valence-electron chi connectivity index (χ0n) is 19.8. The lowest BCUT2D eigenvalue weighted by molar-refractivity contribution is -0.110. The third-order valence-electron chi connectivity index (χ3n) is 5.85. The Labute approximate surface area is 210 Å². The standard InChI is InChI=1S/C28H26N4O2.ClH/c1-32(2)17-19-6-4-18(5-7-19)9-12-26-22-11-8-20(15-27(22)31-30-26)14-24-23-16-21(34-3)10-13-25(23)29-28(24)33;/h4-16H,17H2,1-3H3,(H,29,33)(H,30,31);1H/b12-9+,24-14+;. The number of carbonyl (C=O) groups excluding carboxylic acids is 1. The highest BCUT2D eigenvalue weighted by Gasteiger charge is 2.24. The molecular formula is C28H27ClN4O2. The maximum absolute atomic E-state index is 12.5. The molecule has 4 aromatic rings. The number of fused-ring (bicyclic) bond motifs is 2. The Balaban J connectivity index is 0.00000289. The molecule has 0 aliphatic carbocycles. The number of ether oxygens (including phenoxy) is 1. The fraction of sp³-hybridized carbons (Fsp3) is 0.143. The number of hydrogen-bond acceptors (Lipinski definition) is 4. The van der Waals surface area contributed by atoms with Gasteiger partial charge in [-0.2, -0.15) is 5.10 Å². The summed E-state index contributed by atoms with van der Waals surface area (Å²) in [4.78, 5) is 14.7. The highest BCUT2D eigenvalue weighted by molar-refractivity contribution is 6.35. The number of benzene rings is 3. The van der Waals surface area contributed by atoms with Gasteiger partial charge in [0.05, 0.1) is 18.3 Å². The number of hydrogen-bond donors (Lipinski definition) is 2. The molecule has 0 saturated heterocycles. The first-order chi connectivity index (χ1) is 16.5. The molecular weight excluding hydrogens is 460 g/mol. The zero-order chi connectivity index (χ0) is 23.7. The molecule has 0 radical (unpaired) electrons. The third-order valence-corrected chi connectivity index (χ3v) is 5.85. The minimum atomic E-state index is -0.117. The molecule has 2 N–H and O–H groups in total. The van der Waals surface area contributed by atoms with E-state index in [9.17, 15) is 4.79 Å². The van der Waals surface area contributed by atoms with Crippen LogP contribution in [0.3, 0.4) is 0 Å². The van der Waals surface area contributed by atoms with Gasteiger partial charge in [-0.1, -0.05) is 36.4 Å². The first-order valence-corrected chi connectivity index (χ1v) is 11.1. The van der Waals surface area contributed by atoms with E-state index in [1.54, 1.807) is 7.11 Å². The van der Waals surface area contributed by atoms with E-state index in [0.29, 0.717) is 11.3 Å². The summed E-state index contributed by atoms with van der Waals surface area (Å²) in [7, 11) is 5.75. The molecule has 0 unspecified atom stereocenters. The second kappa shape index (κ2) is 10.2. The second-order valence-corrected chi connectivity index (χ2v) is 8.65. The lowest BCUT2D eigenvalue weighted by Gasteiger charge is -2.09. The van der Waals surface area contributed by atoms with Crippen molar-refractivity contribution in [1.29, 1.82) is 0 Å². The van der Waals surface area contributed by atoms with Crippen LogP contribution in [0.15, 0.2) is 60.7 Å². The molecule has 1 aliphatic heterocycles. The number of aromatic nitrogens is 2. The molecule has 0 fully saturated rings. The second-order valence-electron chi connectivity index (χ2n) is 8.65. The molecule has 6 nitrogen and oxygen atoms in total. The van der Waals surface area contributed by atoms with E-state index in [1.807, 2.05) is 48.6 Å². The fourth-order valence-electron chi connectivity index (χ4n) is 4.15. The van der Waals surface area contributed by atoms with Crippen LogP contribution < -0.4 is 10.1 Å². The Morgan fingerprint density at radius 3 is 2.49 bits per heavy atom. The van der Waals surface area contributed by atoms with E-state index in [2.05, 4.69) is 64.9 Å². The Morgan fingerprint density at radius 2 is 1.74 bits per heavy atom. The number of amides is 1. The van der Waals surface area contributed by atoms with Gasteiger partial charge in [0.1, 0.15) is 5.75 Å². The van der Waals surface area contributed by atoms with E-state index in [4.69, 9.17) is 4.74 Å². The van der Waals surface area contributed by atoms with Crippen LogP contribution in [0, 0.1) is 0 Å². The Hall–Kier alpha value is -3.87. The van der Waals surface area contributed by atoms with Crippen molar-refractivity contribution in [3.63, 3.8) is 0 Å². The Morgan fingerprint density at radius 1 is 0.971 bits per heavy atom. The van der Waals surface area contributed by atoms with Gasteiger partial charge in [-0.05, 0) is 73.3 Å². The van der Waals surface area contributed by atoms with Crippen LogP contribution in [0.5, 0.6) is 5.75 Å². The number of nitrogens with zero attached hydrogens (tertiary/aromatic N) is 2. The van der Waals surface area contributed by atoms with Gasteiger partial charge in [-0.3, -0.25) is 9.89 Å². The maximum Gasteiger partial charge on any atom is 0.256 e. The Kier molecular flexibility index (Phi) is 7.05. The topological polar surface area (TPSA) is 70.2 Å². The first-order valence-electron chi connectivity index (χ1n) is 11.1. The predicted molar refractivity (Wildman–Crippen MR) is 146 cm³/mol. The fourth-order valence-corrected chi connectivity index (χ4v) is 4.15. The SMILES string of the molecule is COc1ccc2c(c1)/C(=C\c1ccc3c(/C=C/c4ccc(CN(C)C)cc4)n[nH]c3c1)C(=O)N2.Cl. The molecule has 0 spiro atoms. The summed E-state index contributed by atoms with van der Waals surface area (Å²) in [6, 6.07) is 20.2. The number of rotatable bonds is 6. The van der Waals surface area contributed by atoms with Gasteiger partial charge in [-0.25, -0.2) is 0 Å². The van der Waals surface area contributed by atoms with Gasteiger partial charge in [0, 0.05) is 28.8 Å². The summed E-state index contributed by atoms with van der Waals surface area (Å²) in [6.45, 7) is 0.924. The number of halogens is 1. The molecule has 1 aliphatic rings. The maximum atomic E-state index is 12.5. The summed E-state index contributed by atoms with van der Waals surface area (Å²) < 4.78 is 5.32. The van der Waals surface area contributed by atoms with Crippen molar-refractivity contribution in [2.45, 2.75) is 6.54 Å².